The van der Waals surface area contributed by atoms with Crippen LogP contribution >= 0.6 is 0 Å². The minimum Gasteiger partial charge on any atom is -0.311 e. The van der Waals surface area contributed by atoms with Crippen molar-refractivity contribution in [1.82, 2.24) is 5.32 Å². The van der Waals surface area contributed by atoms with Gasteiger partial charge in [-0.3, -0.25) is 5.26 Å². The Hall–Kier alpha value is -0.120. The summed E-state index contributed by atoms with van der Waals surface area (Å²) >= 11 is 0. The molecule has 3 heteroatoms. The first-order valence-electron chi connectivity index (χ1n) is 2.86. The van der Waals surface area contributed by atoms with Crippen LogP contribution < -0.4 is 5.32 Å². The zero-order chi connectivity index (χ0) is 5.98. The van der Waals surface area contributed by atoms with Gasteiger partial charge < -0.3 is 5.32 Å². The molecule has 0 aromatic carbocycles. The van der Waals surface area contributed by atoms with Crippen LogP contribution in [0.5, 0.6) is 0 Å². The summed E-state index contributed by atoms with van der Waals surface area (Å²) in [5.41, 5.74) is 0. The van der Waals surface area contributed by atoms with Gasteiger partial charge >= 0.3 is 0 Å². The van der Waals surface area contributed by atoms with E-state index in [-0.39, 0.29) is 6.10 Å². The third kappa shape index (κ3) is 1.18. The van der Waals surface area contributed by atoms with Crippen molar-refractivity contribution < 1.29 is 10.1 Å². The molecular formula is C5H11NO2. The van der Waals surface area contributed by atoms with Crippen molar-refractivity contribution in [3.8, 4) is 0 Å². The first-order chi connectivity index (χ1) is 3.83. The maximum absolute atomic E-state index is 8.14. The Morgan fingerprint density at radius 2 is 2.50 bits per heavy atom. The SMILES string of the molecule is CC1CC(OO)CN1. The lowest BCUT2D eigenvalue weighted by Gasteiger charge is -1.99. The topological polar surface area (TPSA) is 41.5 Å². The standard InChI is InChI=1S/C5H11NO2/c1-4-2-5(8-7)3-6-4/h4-7H,2-3H2,1H3. The second kappa shape index (κ2) is 2.44. The van der Waals surface area contributed by atoms with Gasteiger partial charge in [-0.15, -0.1) is 0 Å². The monoisotopic (exact) mass is 117 g/mol. The molecule has 1 aliphatic rings. The van der Waals surface area contributed by atoms with Gasteiger partial charge in [0.05, 0.1) is 0 Å². The molecule has 0 saturated carbocycles. The first-order valence-corrected chi connectivity index (χ1v) is 2.86. The van der Waals surface area contributed by atoms with Gasteiger partial charge in [-0.05, 0) is 13.3 Å². The minimum absolute atomic E-state index is 0.0185. The molecule has 0 spiro atoms. The molecule has 0 amide bonds. The number of rotatable bonds is 1. The highest BCUT2D eigenvalue weighted by Crippen LogP contribution is 2.07. The molecule has 1 heterocycles. The van der Waals surface area contributed by atoms with Gasteiger partial charge in [0.25, 0.3) is 0 Å². The second-order valence-electron chi connectivity index (χ2n) is 2.27. The Morgan fingerprint density at radius 3 is 2.75 bits per heavy atom. The van der Waals surface area contributed by atoms with E-state index in [9.17, 15) is 0 Å². The van der Waals surface area contributed by atoms with Crippen molar-refractivity contribution >= 4 is 0 Å². The minimum atomic E-state index is 0.0185. The zero-order valence-corrected chi connectivity index (χ0v) is 4.92. The van der Waals surface area contributed by atoms with Gasteiger partial charge in [0.1, 0.15) is 6.10 Å². The normalized spacial score (nSPS) is 38.2. The molecule has 8 heavy (non-hydrogen) atoms. The van der Waals surface area contributed by atoms with Gasteiger partial charge in [0.15, 0.2) is 0 Å². The summed E-state index contributed by atoms with van der Waals surface area (Å²) in [5.74, 6) is 0. The summed E-state index contributed by atoms with van der Waals surface area (Å²) in [5, 5.41) is 11.3. The molecule has 0 bridgehead atoms. The fourth-order valence-corrected chi connectivity index (χ4v) is 0.974. The summed E-state index contributed by atoms with van der Waals surface area (Å²) < 4.78 is 0. The quantitative estimate of drug-likeness (QED) is 0.381. The molecule has 1 fully saturated rings. The van der Waals surface area contributed by atoms with E-state index in [2.05, 4.69) is 17.1 Å². The van der Waals surface area contributed by atoms with Crippen molar-refractivity contribution in [3.63, 3.8) is 0 Å². The van der Waals surface area contributed by atoms with E-state index in [4.69, 9.17) is 5.26 Å². The predicted molar refractivity (Wildman–Crippen MR) is 29.6 cm³/mol. The molecule has 48 valence electrons. The highest BCUT2D eigenvalue weighted by atomic mass is 17.1. The average molecular weight is 117 g/mol. The van der Waals surface area contributed by atoms with Gasteiger partial charge in [0, 0.05) is 12.6 Å². The van der Waals surface area contributed by atoms with Crippen molar-refractivity contribution in [2.75, 3.05) is 6.54 Å². The molecule has 1 aliphatic heterocycles. The number of nitrogens with one attached hydrogen (secondary N) is 1. The number of hydrogen-bond acceptors (Lipinski definition) is 3. The van der Waals surface area contributed by atoms with Crippen LogP contribution in [0.25, 0.3) is 0 Å². The largest absolute Gasteiger partial charge is 0.311 e. The van der Waals surface area contributed by atoms with Crippen LogP contribution in [-0.4, -0.2) is 23.9 Å². The van der Waals surface area contributed by atoms with E-state index in [0.29, 0.717) is 6.04 Å². The molecule has 3 nitrogen and oxygen atoms in total. The maximum atomic E-state index is 8.14. The Morgan fingerprint density at radius 1 is 1.75 bits per heavy atom. The van der Waals surface area contributed by atoms with Crippen LogP contribution in [0.15, 0.2) is 0 Å². The van der Waals surface area contributed by atoms with Crippen LogP contribution in [-0.2, 0) is 4.89 Å². The molecule has 2 atom stereocenters. The lowest BCUT2D eigenvalue weighted by atomic mass is 10.2. The zero-order valence-electron chi connectivity index (χ0n) is 4.92. The summed E-state index contributed by atoms with van der Waals surface area (Å²) in [6, 6.07) is 0.493. The maximum Gasteiger partial charge on any atom is 0.107 e. The second-order valence-corrected chi connectivity index (χ2v) is 2.27. The molecule has 2 N–H and O–H groups in total. The summed E-state index contributed by atoms with van der Waals surface area (Å²) in [6.07, 6.45) is 0.932. The van der Waals surface area contributed by atoms with E-state index < -0.39 is 0 Å². The van der Waals surface area contributed by atoms with Crippen LogP contribution in [0.2, 0.25) is 0 Å². The van der Waals surface area contributed by atoms with Crippen molar-refractivity contribution in [2.45, 2.75) is 25.5 Å². The molecule has 0 aromatic rings. The lowest BCUT2D eigenvalue weighted by Crippen LogP contribution is -2.18. The molecule has 0 aromatic heterocycles. The van der Waals surface area contributed by atoms with E-state index in [1.807, 2.05) is 0 Å². The third-order valence-electron chi connectivity index (χ3n) is 1.46. The van der Waals surface area contributed by atoms with E-state index in [0.717, 1.165) is 13.0 Å². The Balaban J connectivity index is 2.22. The highest BCUT2D eigenvalue weighted by Gasteiger charge is 2.20. The Labute approximate surface area is 48.6 Å². The summed E-state index contributed by atoms with van der Waals surface area (Å²) in [7, 11) is 0. The summed E-state index contributed by atoms with van der Waals surface area (Å²) in [4.78, 5) is 4.12. The molecule has 1 rings (SSSR count). The van der Waals surface area contributed by atoms with Crippen molar-refractivity contribution in [3.05, 3.63) is 0 Å². The molecular weight excluding hydrogens is 106 g/mol. The average Bonchev–Trinajstić information content (AvgIpc) is 2.14. The van der Waals surface area contributed by atoms with Gasteiger partial charge in [-0.25, -0.2) is 4.89 Å². The molecule has 2 unspecified atom stereocenters. The fourth-order valence-electron chi connectivity index (χ4n) is 0.974. The molecule has 0 aliphatic carbocycles. The molecule has 1 saturated heterocycles. The van der Waals surface area contributed by atoms with E-state index in [1.54, 1.807) is 0 Å². The van der Waals surface area contributed by atoms with Crippen LogP contribution in [0.4, 0.5) is 0 Å². The van der Waals surface area contributed by atoms with E-state index >= 15 is 0 Å². The fraction of sp³-hybridized carbons (Fsp3) is 1.00. The summed E-state index contributed by atoms with van der Waals surface area (Å²) in [6.45, 7) is 2.84. The van der Waals surface area contributed by atoms with Crippen molar-refractivity contribution in [1.29, 1.82) is 0 Å². The highest BCUT2D eigenvalue weighted by molar-refractivity contribution is 4.77. The first kappa shape index (κ1) is 6.01. The van der Waals surface area contributed by atoms with Gasteiger partial charge in [-0.1, -0.05) is 0 Å². The van der Waals surface area contributed by atoms with Crippen LogP contribution in [0, 0.1) is 0 Å². The van der Waals surface area contributed by atoms with Crippen molar-refractivity contribution in [2.24, 2.45) is 0 Å². The van der Waals surface area contributed by atoms with Gasteiger partial charge in [-0.2, -0.15) is 0 Å². The predicted octanol–water partition coefficient (Wildman–Crippen LogP) is 0.226. The Kier molecular flexibility index (Phi) is 1.83. The van der Waals surface area contributed by atoms with Crippen LogP contribution in [0.3, 0.4) is 0 Å². The third-order valence-corrected chi connectivity index (χ3v) is 1.46. The van der Waals surface area contributed by atoms with Crippen LogP contribution in [0.1, 0.15) is 13.3 Å². The smallest absolute Gasteiger partial charge is 0.107 e. The van der Waals surface area contributed by atoms with E-state index in [1.165, 1.54) is 0 Å². The van der Waals surface area contributed by atoms with Gasteiger partial charge in [0.2, 0.25) is 0 Å². The lowest BCUT2D eigenvalue weighted by molar-refractivity contribution is -0.273. The Bertz CT molecular complexity index is 76.8. The number of hydrogen-bond donors (Lipinski definition) is 2. The molecule has 0 radical (unpaired) electrons.